The molecule has 1 N–H and O–H groups in total. The summed E-state index contributed by atoms with van der Waals surface area (Å²) in [5.41, 5.74) is 0.817. The van der Waals surface area contributed by atoms with E-state index >= 15 is 0 Å². The van der Waals surface area contributed by atoms with E-state index in [2.05, 4.69) is 0 Å². The lowest BCUT2D eigenvalue weighted by molar-refractivity contribution is -0.140. The SMILES string of the molecule is CN(C)CCN1C(=O)C(=O)C(=C(O)c2ccc3c(c2)OCCO3)C1c1ccc(Cl)cc1Cl. The topological polar surface area (TPSA) is 79.3 Å². The van der Waals surface area contributed by atoms with Crippen LogP contribution in [-0.2, 0) is 9.59 Å². The standard InChI is InChI=1S/C23H22Cl2N2O5/c1-26(2)7-8-27-20(15-5-4-14(24)12-16(15)25)19(22(29)23(27)30)21(28)13-3-6-17-18(11-13)32-10-9-31-17/h3-6,11-12,20,28H,7-10H2,1-2H3. The van der Waals surface area contributed by atoms with Crippen LogP contribution in [0, 0.1) is 0 Å². The van der Waals surface area contributed by atoms with E-state index < -0.39 is 17.7 Å². The van der Waals surface area contributed by atoms with Crippen molar-refractivity contribution in [1.82, 2.24) is 9.80 Å². The lowest BCUT2D eigenvalue weighted by Crippen LogP contribution is -2.35. The maximum absolute atomic E-state index is 13.1. The van der Waals surface area contributed by atoms with Crippen molar-refractivity contribution in [2.24, 2.45) is 0 Å². The molecule has 1 amide bonds. The van der Waals surface area contributed by atoms with Gasteiger partial charge in [0.2, 0.25) is 0 Å². The molecule has 2 heterocycles. The highest BCUT2D eigenvalue weighted by Crippen LogP contribution is 2.43. The lowest BCUT2D eigenvalue weighted by Gasteiger charge is -2.27. The fourth-order valence-corrected chi connectivity index (χ4v) is 4.32. The van der Waals surface area contributed by atoms with Gasteiger partial charge in [-0.05, 0) is 50.0 Å². The van der Waals surface area contributed by atoms with E-state index in [4.69, 9.17) is 32.7 Å². The monoisotopic (exact) mass is 476 g/mol. The molecular weight excluding hydrogens is 455 g/mol. The quantitative estimate of drug-likeness (QED) is 0.402. The van der Waals surface area contributed by atoms with Crippen molar-refractivity contribution in [3.05, 3.63) is 63.1 Å². The molecule has 2 aliphatic heterocycles. The first-order valence-corrected chi connectivity index (χ1v) is 10.8. The number of aliphatic hydroxyl groups is 1. The number of carbonyl (C=O) groups excluding carboxylic acids is 2. The van der Waals surface area contributed by atoms with E-state index in [0.29, 0.717) is 52.4 Å². The summed E-state index contributed by atoms with van der Waals surface area (Å²) < 4.78 is 11.1. The lowest BCUT2D eigenvalue weighted by atomic mass is 9.95. The van der Waals surface area contributed by atoms with Gasteiger partial charge in [0.05, 0.1) is 11.6 Å². The van der Waals surface area contributed by atoms with Crippen molar-refractivity contribution >= 4 is 40.7 Å². The second-order valence-corrected chi connectivity index (χ2v) is 8.66. The van der Waals surface area contributed by atoms with Crippen LogP contribution in [0.1, 0.15) is 17.2 Å². The van der Waals surface area contributed by atoms with Gasteiger partial charge in [0.15, 0.2) is 11.5 Å². The number of fused-ring (bicyclic) bond motifs is 1. The summed E-state index contributed by atoms with van der Waals surface area (Å²) in [6.45, 7) is 1.62. The number of hydrogen-bond donors (Lipinski definition) is 1. The third-order valence-corrected chi connectivity index (χ3v) is 5.96. The number of benzene rings is 2. The van der Waals surface area contributed by atoms with E-state index in [-0.39, 0.29) is 17.9 Å². The summed E-state index contributed by atoms with van der Waals surface area (Å²) in [5.74, 6) is -0.752. The van der Waals surface area contributed by atoms with E-state index in [0.717, 1.165) is 0 Å². The molecule has 2 aliphatic rings. The molecule has 1 atom stereocenters. The van der Waals surface area contributed by atoms with Crippen LogP contribution in [0.2, 0.25) is 10.0 Å². The van der Waals surface area contributed by atoms with Gasteiger partial charge >= 0.3 is 0 Å². The first-order chi connectivity index (χ1) is 15.3. The smallest absolute Gasteiger partial charge is 0.295 e. The number of ketones is 1. The zero-order valence-corrected chi connectivity index (χ0v) is 19.1. The number of nitrogens with zero attached hydrogens (tertiary/aromatic N) is 2. The van der Waals surface area contributed by atoms with Crippen LogP contribution >= 0.6 is 23.2 Å². The maximum Gasteiger partial charge on any atom is 0.295 e. The number of carbonyl (C=O) groups is 2. The predicted molar refractivity (Wildman–Crippen MR) is 121 cm³/mol. The minimum absolute atomic E-state index is 0.0327. The highest BCUT2D eigenvalue weighted by atomic mass is 35.5. The summed E-state index contributed by atoms with van der Waals surface area (Å²) in [7, 11) is 3.74. The highest BCUT2D eigenvalue weighted by Gasteiger charge is 2.46. The van der Waals surface area contributed by atoms with Crippen LogP contribution < -0.4 is 9.47 Å². The summed E-state index contributed by atoms with van der Waals surface area (Å²) in [6.07, 6.45) is 0. The molecule has 0 radical (unpaired) electrons. The van der Waals surface area contributed by atoms with Crippen molar-refractivity contribution in [3.8, 4) is 11.5 Å². The number of likely N-dealkylation sites (N-methyl/N-ethyl adjacent to an activating group) is 1. The Bertz CT molecular complexity index is 1120. The van der Waals surface area contributed by atoms with Crippen molar-refractivity contribution in [2.45, 2.75) is 6.04 Å². The number of hydrogen-bond acceptors (Lipinski definition) is 6. The van der Waals surface area contributed by atoms with E-state index in [1.165, 1.54) is 4.90 Å². The molecule has 4 rings (SSSR count). The number of halogens is 2. The van der Waals surface area contributed by atoms with Crippen LogP contribution in [0.3, 0.4) is 0 Å². The summed E-state index contributed by atoms with van der Waals surface area (Å²) in [6, 6.07) is 8.88. The fourth-order valence-electron chi connectivity index (χ4n) is 3.81. The second kappa shape index (κ2) is 9.02. The summed E-state index contributed by atoms with van der Waals surface area (Å²) in [5, 5.41) is 11.9. The van der Waals surface area contributed by atoms with E-state index in [9.17, 15) is 14.7 Å². The Kier molecular flexibility index (Phi) is 6.33. The number of amides is 1. The number of aliphatic hydroxyl groups excluding tert-OH is 1. The maximum atomic E-state index is 13.1. The normalized spacial score (nSPS) is 19.7. The molecule has 168 valence electrons. The Labute approximate surface area is 195 Å². The summed E-state index contributed by atoms with van der Waals surface area (Å²) in [4.78, 5) is 29.4. The number of rotatable bonds is 5. The number of Topliss-reactive ketones (excluding diaryl/α,β-unsaturated/α-hetero) is 1. The summed E-state index contributed by atoms with van der Waals surface area (Å²) >= 11 is 12.5. The van der Waals surface area contributed by atoms with Crippen molar-refractivity contribution in [2.75, 3.05) is 40.4 Å². The Morgan fingerprint density at radius 1 is 1.09 bits per heavy atom. The molecule has 1 unspecified atom stereocenters. The second-order valence-electron chi connectivity index (χ2n) is 7.82. The minimum Gasteiger partial charge on any atom is -0.507 e. The average Bonchev–Trinajstić information content (AvgIpc) is 3.01. The molecule has 7 nitrogen and oxygen atoms in total. The molecule has 0 aliphatic carbocycles. The molecule has 0 spiro atoms. The molecule has 9 heteroatoms. The van der Waals surface area contributed by atoms with Gasteiger partial charge in [-0.15, -0.1) is 0 Å². The molecular formula is C23H22Cl2N2O5. The minimum atomic E-state index is -0.854. The zero-order valence-electron chi connectivity index (χ0n) is 17.6. The van der Waals surface area contributed by atoms with Gasteiger partial charge in [-0.25, -0.2) is 0 Å². The van der Waals surface area contributed by atoms with Crippen LogP contribution in [0.4, 0.5) is 0 Å². The van der Waals surface area contributed by atoms with Gasteiger partial charge in [0.25, 0.3) is 11.7 Å². The van der Waals surface area contributed by atoms with Gasteiger partial charge in [-0.3, -0.25) is 9.59 Å². The van der Waals surface area contributed by atoms with Crippen LogP contribution in [0.25, 0.3) is 5.76 Å². The number of likely N-dealkylation sites (tertiary alicyclic amines) is 1. The predicted octanol–water partition coefficient (Wildman–Crippen LogP) is 3.75. The Hall–Kier alpha value is -2.74. The first-order valence-electron chi connectivity index (χ1n) is 10.1. The molecule has 1 saturated heterocycles. The van der Waals surface area contributed by atoms with Crippen molar-refractivity contribution < 1.29 is 24.2 Å². The third-order valence-electron chi connectivity index (χ3n) is 5.40. The van der Waals surface area contributed by atoms with E-state index in [1.807, 2.05) is 19.0 Å². The largest absolute Gasteiger partial charge is 0.507 e. The van der Waals surface area contributed by atoms with Crippen molar-refractivity contribution in [3.63, 3.8) is 0 Å². The van der Waals surface area contributed by atoms with Crippen LogP contribution in [0.15, 0.2) is 42.0 Å². The zero-order chi connectivity index (χ0) is 23.0. The van der Waals surface area contributed by atoms with Crippen LogP contribution in [-0.4, -0.2) is 67.0 Å². The first kappa shape index (κ1) is 22.5. The van der Waals surface area contributed by atoms with Crippen LogP contribution in [0.5, 0.6) is 11.5 Å². The molecule has 0 aromatic heterocycles. The van der Waals surface area contributed by atoms with Gasteiger partial charge in [0, 0.05) is 28.7 Å². The molecule has 32 heavy (non-hydrogen) atoms. The average molecular weight is 477 g/mol. The third kappa shape index (κ3) is 4.16. The fraction of sp³-hybridized carbons (Fsp3) is 0.304. The van der Waals surface area contributed by atoms with Crippen molar-refractivity contribution in [1.29, 1.82) is 0 Å². The molecule has 1 fully saturated rings. The van der Waals surface area contributed by atoms with Gasteiger partial charge in [0.1, 0.15) is 19.0 Å². The molecule has 2 aromatic rings. The number of ether oxygens (including phenoxy) is 2. The Morgan fingerprint density at radius 3 is 2.50 bits per heavy atom. The Balaban J connectivity index is 1.85. The van der Waals surface area contributed by atoms with E-state index in [1.54, 1.807) is 36.4 Å². The van der Waals surface area contributed by atoms with Gasteiger partial charge < -0.3 is 24.4 Å². The Morgan fingerprint density at radius 2 is 1.81 bits per heavy atom. The molecule has 0 saturated carbocycles. The highest BCUT2D eigenvalue weighted by molar-refractivity contribution is 6.47. The molecule has 2 aromatic carbocycles. The van der Waals surface area contributed by atoms with Gasteiger partial charge in [-0.1, -0.05) is 29.3 Å². The molecule has 0 bridgehead atoms. The van der Waals surface area contributed by atoms with Gasteiger partial charge in [-0.2, -0.15) is 0 Å².